The van der Waals surface area contributed by atoms with Gasteiger partial charge in [0.15, 0.2) is 0 Å². The minimum Gasteiger partial charge on any atom is -0.339 e. The first-order chi connectivity index (χ1) is 16.2. The number of hydrogen-bond donors (Lipinski definition) is 0. The van der Waals surface area contributed by atoms with Crippen LogP contribution in [0.5, 0.6) is 0 Å². The summed E-state index contributed by atoms with van der Waals surface area (Å²) in [7, 11) is 0. The lowest BCUT2D eigenvalue weighted by Crippen LogP contribution is -2.38. The number of rotatable bonds is 4. The molecule has 0 spiro atoms. The van der Waals surface area contributed by atoms with Crippen LogP contribution in [0.4, 0.5) is 5.82 Å². The van der Waals surface area contributed by atoms with Crippen molar-refractivity contribution in [2.45, 2.75) is 58.3 Å². The maximum Gasteiger partial charge on any atom is 0.255 e. The highest BCUT2D eigenvalue weighted by molar-refractivity contribution is 6.08. The number of piperidine rings is 1. The number of amidine groups is 1. The number of likely N-dealkylation sites (tertiary alicyclic amines) is 1. The monoisotopic (exact) mass is 447 g/mol. The molecule has 1 saturated heterocycles. The van der Waals surface area contributed by atoms with Gasteiger partial charge in [-0.3, -0.25) is 19.5 Å². The van der Waals surface area contributed by atoms with Gasteiger partial charge in [-0.2, -0.15) is 0 Å². The van der Waals surface area contributed by atoms with Crippen LogP contribution in [0.15, 0.2) is 41.3 Å². The van der Waals surface area contributed by atoms with Crippen molar-refractivity contribution in [2.24, 2.45) is 10.9 Å². The lowest BCUT2D eigenvalue weighted by molar-refractivity contribution is -0.129. The minimum absolute atomic E-state index is 0.0455. The maximum absolute atomic E-state index is 13.0. The molecule has 0 N–H and O–H groups in total. The second kappa shape index (κ2) is 9.49. The van der Waals surface area contributed by atoms with Crippen LogP contribution >= 0.6 is 0 Å². The molecule has 0 aliphatic carbocycles. The Labute approximate surface area is 195 Å². The average molecular weight is 448 g/mol. The standard InChI is InChI=1S/C26H33N5O2/c1-2-7-19-9-11-27-23-17-22(10-15-31(23)26(19)33)30-14-6-8-20-16-21(18-28-24(20)30)25(32)29-12-4-3-5-13-29/h10,15-19H,2-9,11-14H2,1H3. The van der Waals surface area contributed by atoms with Crippen molar-refractivity contribution in [1.29, 1.82) is 0 Å². The Bertz CT molecular complexity index is 1020. The topological polar surface area (TPSA) is 69.1 Å². The first-order valence-corrected chi connectivity index (χ1v) is 12.5. The number of pyridine rings is 1. The molecule has 4 aliphatic heterocycles. The zero-order valence-corrected chi connectivity index (χ0v) is 19.5. The molecule has 7 heteroatoms. The second-order valence-corrected chi connectivity index (χ2v) is 9.42. The van der Waals surface area contributed by atoms with Gasteiger partial charge in [-0.05, 0) is 62.7 Å². The number of aromatic nitrogens is 1. The number of allylic oxidation sites excluding steroid dienone is 1. The van der Waals surface area contributed by atoms with Crippen LogP contribution in [0, 0.1) is 5.92 Å². The SMILES string of the molecule is CCCC1CCN=C2C=C(N3CCCc4cc(C(=O)N5CCCCC5)cnc43)C=CN2C1=O. The Kier molecular flexibility index (Phi) is 6.29. The summed E-state index contributed by atoms with van der Waals surface area (Å²) in [5.41, 5.74) is 2.80. The third-order valence-corrected chi connectivity index (χ3v) is 7.12. The summed E-state index contributed by atoms with van der Waals surface area (Å²) in [4.78, 5) is 41.3. The zero-order valence-electron chi connectivity index (χ0n) is 19.5. The van der Waals surface area contributed by atoms with Gasteiger partial charge in [0.2, 0.25) is 5.91 Å². The molecule has 174 valence electrons. The largest absolute Gasteiger partial charge is 0.339 e. The predicted molar refractivity (Wildman–Crippen MR) is 129 cm³/mol. The number of nitrogens with zero attached hydrogens (tertiary/aromatic N) is 5. The number of hydrogen-bond acceptors (Lipinski definition) is 5. The fraction of sp³-hybridized carbons (Fsp3) is 0.538. The zero-order chi connectivity index (χ0) is 22.8. The van der Waals surface area contributed by atoms with Gasteiger partial charge in [-0.1, -0.05) is 13.3 Å². The maximum atomic E-state index is 13.0. The summed E-state index contributed by atoms with van der Waals surface area (Å²) >= 11 is 0. The third kappa shape index (κ3) is 4.33. The normalized spacial score (nSPS) is 22.9. The Morgan fingerprint density at radius 3 is 2.82 bits per heavy atom. The second-order valence-electron chi connectivity index (χ2n) is 9.42. The quantitative estimate of drug-likeness (QED) is 0.702. The lowest BCUT2D eigenvalue weighted by Gasteiger charge is -2.34. The van der Waals surface area contributed by atoms with Crippen LogP contribution in [-0.2, 0) is 11.2 Å². The smallest absolute Gasteiger partial charge is 0.255 e. The van der Waals surface area contributed by atoms with E-state index in [1.165, 1.54) is 6.42 Å². The number of fused-ring (bicyclic) bond motifs is 2. The van der Waals surface area contributed by atoms with Crippen molar-refractivity contribution < 1.29 is 9.59 Å². The molecule has 7 nitrogen and oxygen atoms in total. The van der Waals surface area contributed by atoms with Crippen molar-refractivity contribution >= 4 is 23.5 Å². The number of amides is 2. The highest BCUT2D eigenvalue weighted by atomic mass is 16.2. The molecule has 4 aliphatic rings. The summed E-state index contributed by atoms with van der Waals surface area (Å²) < 4.78 is 0. The highest BCUT2D eigenvalue weighted by Crippen LogP contribution is 2.31. The first kappa shape index (κ1) is 21.9. The summed E-state index contributed by atoms with van der Waals surface area (Å²) in [6, 6.07) is 2.03. The summed E-state index contributed by atoms with van der Waals surface area (Å²) in [6.45, 7) is 5.34. The molecule has 5 rings (SSSR count). The van der Waals surface area contributed by atoms with Gasteiger partial charge in [0, 0.05) is 56.3 Å². The van der Waals surface area contributed by atoms with Crippen LogP contribution < -0.4 is 4.90 Å². The van der Waals surface area contributed by atoms with E-state index in [9.17, 15) is 9.59 Å². The van der Waals surface area contributed by atoms with E-state index in [2.05, 4.69) is 11.8 Å². The van der Waals surface area contributed by atoms with Gasteiger partial charge in [-0.15, -0.1) is 0 Å². The molecule has 1 unspecified atom stereocenters. The molecule has 33 heavy (non-hydrogen) atoms. The fourth-order valence-corrected chi connectivity index (χ4v) is 5.34. The lowest BCUT2D eigenvalue weighted by atomic mass is 9.98. The number of carbonyl (C=O) groups excluding carboxylic acids is 2. The van der Waals surface area contributed by atoms with Crippen LogP contribution in [0.3, 0.4) is 0 Å². The Morgan fingerprint density at radius 2 is 2.00 bits per heavy atom. The molecule has 0 saturated carbocycles. The van der Waals surface area contributed by atoms with E-state index in [0.29, 0.717) is 12.1 Å². The van der Waals surface area contributed by atoms with Crippen LogP contribution in [0.2, 0.25) is 0 Å². The molecule has 1 aromatic heterocycles. The molecular formula is C26H33N5O2. The van der Waals surface area contributed by atoms with Crippen LogP contribution in [0.1, 0.15) is 67.8 Å². The molecule has 1 aromatic rings. The summed E-state index contributed by atoms with van der Waals surface area (Å²) in [5.74, 6) is 1.93. The Balaban J connectivity index is 1.38. The van der Waals surface area contributed by atoms with Crippen molar-refractivity contribution in [1.82, 2.24) is 14.8 Å². The van der Waals surface area contributed by atoms with Crippen molar-refractivity contribution in [3.8, 4) is 0 Å². The minimum atomic E-state index is 0.0455. The molecule has 1 fully saturated rings. The summed E-state index contributed by atoms with van der Waals surface area (Å²) in [6.07, 6.45) is 15.6. The van der Waals surface area contributed by atoms with Crippen molar-refractivity contribution in [2.75, 3.05) is 31.1 Å². The van der Waals surface area contributed by atoms with Crippen molar-refractivity contribution in [3.63, 3.8) is 0 Å². The molecule has 0 radical (unpaired) electrons. The van der Waals surface area contributed by atoms with Crippen LogP contribution in [-0.4, -0.2) is 58.6 Å². The van der Waals surface area contributed by atoms with Gasteiger partial charge in [-0.25, -0.2) is 4.98 Å². The van der Waals surface area contributed by atoms with Gasteiger partial charge in [0.1, 0.15) is 11.7 Å². The van der Waals surface area contributed by atoms with Gasteiger partial charge < -0.3 is 9.80 Å². The number of aryl methyl sites for hydroxylation is 1. The molecule has 0 aromatic carbocycles. The molecule has 1 atom stereocenters. The average Bonchev–Trinajstić information content (AvgIpc) is 3.02. The van der Waals surface area contributed by atoms with E-state index >= 15 is 0 Å². The molecule has 5 heterocycles. The number of aliphatic imine (C=N–C) groups is 1. The van der Waals surface area contributed by atoms with Gasteiger partial charge >= 0.3 is 0 Å². The van der Waals surface area contributed by atoms with E-state index in [4.69, 9.17) is 9.98 Å². The van der Waals surface area contributed by atoms with E-state index in [1.54, 1.807) is 11.1 Å². The highest BCUT2D eigenvalue weighted by Gasteiger charge is 2.31. The van der Waals surface area contributed by atoms with Crippen LogP contribution in [0.25, 0.3) is 0 Å². The fourth-order valence-electron chi connectivity index (χ4n) is 5.34. The Morgan fingerprint density at radius 1 is 1.15 bits per heavy atom. The van der Waals surface area contributed by atoms with Crippen molar-refractivity contribution in [3.05, 3.63) is 47.4 Å². The number of carbonyl (C=O) groups is 2. The van der Waals surface area contributed by atoms with E-state index < -0.39 is 0 Å². The van der Waals surface area contributed by atoms with E-state index in [0.717, 1.165) is 87.5 Å². The predicted octanol–water partition coefficient (Wildman–Crippen LogP) is 3.92. The number of anilines is 1. The molecule has 0 bridgehead atoms. The summed E-state index contributed by atoms with van der Waals surface area (Å²) in [5, 5.41) is 0. The third-order valence-electron chi connectivity index (χ3n) is 7.12. The van der Waals surface area contributed by atoms with E-state index in [1.807, 2.05) is 29.3 Å². The van der Waals surface area contributed by atoms with Gasteiger partial charge in [0.25, 0.3) is 5.91 Å². The van der Waals surface area contributed by atoms with Gasteiger partial charge in [0.05, 0.1) is 5.56 Å². The van der Waals surface area contributed by atoms with E-state index in [-0.39, 0.29) is 17.7 Å². The molecule has 2 amide bonds. The first-order valence-electron chi connectivity index (χ1n) is 12.5. The Hall–Kier alpha value is -2.96. The molecular weight excluding hydrogens is 414 g/mol.